The van der Waals surface area contributed by atoms with E-state index >= 15 is 0 Å². The van der Waals surface area contributed by atoms with Crippen LogP contribution < -0.4 is 21.0 Å². The van der Waals surface area contributed by atoms with Gasteiger partial charge in [0.15, 0.2) is 0 Å². The quantitative estimate of drug-likeness (QED) is 0.217. The van der Waals surface area contributed by atoms with E-state index in [-0.39, 0.29) is 31.7 Å². The summed E-state index contributed by atoms with van der Waals surface area (Å²) in [6, 6.07) is 20.2. The fourth-order valence-corrected chi connectivity index (χ4v) is 4.49. The maximum Gasteiger partial charge on any atom is 0.351 e. The number of carbonyl (C=O) groups excluding carboxylic acids is 1. The molecular weight excluding hydrogens is 495 g/mol. The van der Waals surface area contributed by atoms with E-state index in [0.717, 1.165) is 5.56 Å². The number of rotatable bonds is 11. The Kier molecular flexibility index (Phi) is 11.3. The van der Waals surface area contributed by atoms with Crippen LogP contribution in [-0.2, 0) is 25.4 Å². The van der Waals surface area contributed by atoms with E-state index in [1.165, 1.54) is 4.57 Å². The van der Waals surface area contributed by atoms with Gasteiger partial charge in [0, 0.05) is 6.20 Å². The number of carbonyl (C=O) groups is 1. The summed E-state index contributed by atoms with van der Waals surface area (Å²) in [7, 11) is -1.66. The highest BCUT2D eigenvalue weighted by atomic mass is 31.2. The minimum Gasteiger partial charge on any atom is -0.460 e. The molecule has 1 aliphatic heterocycles. The molecule has 196 valence electrons. The normalized spacial score (nSPS) is 17.3. The summed E-state index contributed by atoms with van der Waals surface area (Å²) < 4.78 is 24.6. The Balaban J connectivity index is 0.00000186. The second-order valence-corrected chi connectivity index (χ2v) is 9.04. The maximum absolute atomic E-state index is 12.2. The first-order valence-electron chi connectivity index (χ1n) is 11.7. The van der Waals surface area contributed by atoms with Crippen molar-refractivity contribution in [1.29, 1.82) is 0 Å². The summed E-state index contributed by atoms with van der Waals surface area (Å²) in [5, 5.41) is 3.00. The van der Waals surface area contributed by atoms with Crippen molar-refractivity contribution in [2.24, 2.45) is 0 Å². The summed E-state index contributed by atoms with van der Waals surface area (Å²) in [5.41, 5.74) is 6.01. The van der Waals surface area contributed by atoms with E-state index in [4.69, 9.17) is 24.3 Å². The zero-order valence-electron chi connectivity index (χ0n) is 20.4. The maximum atomic E-state index is 12.2. The summed E-state index contributed by atoms with van der Waals surface area (Å²) in [6.45, 7) is 6.33. The van der Waals surface area contributed by atoms with Crippen LogP contribution in [0.1, 0.15) is 24.6 Å². The van der Waals surface area contributed by atoms with Gasteiger partial charge in [0.25, 0.3) is 0 Å². The van der Waals surface area contributed by atoms with Gasteiger partial charge in [-0.1, -0.05) is 48.5 Å². The average Bonchev–Trinajstić information content (AvgIpc) is 3.40. The van der Waals surface area contributed by atoms with E-state index in [9.17, 15) is 9.59 Å². The number of nitrogens with one attached hydrogen (secondary N) is 1. The lowest BCUT2D eigenvalue weighted by molar-refractivity contribution is -0.143. The minimum atomic E-state index is -1.66. The van der Waals surface area contributed by atoms with Crippen LogP contribution in [0.3, 0.4) is 0 Å². The summed E-state index contributed by atoms with van der Waals surface area (Å²) in [6.07, 6.45) is 2.21. The molecule has 3 atom stereocenters. The molecule has 11 heteroatoms. The number of anilines is 1. The van der Waals surface area contributed by atoms with Gasteiger partial charge in [0.05, 0.1) is 12.7 Å². The predicted octanol–water partition coefficient (Wildman–Crippen LogP) is 3.96. The molecule has 1 aromatic heterocycles. The van der Waals surface area contributed by atoms with E-state index in [2.05, 4.69) is 23.2 Å². The van der Waals surface area contributed by atoms with Crippen LogP contribution in [0.4, 0.5) is 5.82 Å². The fourth-order valence-electron chi connectivity index (χ4n) is 3.41. The smallest absolute Gasteiger partial charge is 0.351 e. The first kappa shape index (κ1) is 28.0. The first-order chi connectivity index (χ1) is 18.1. The van der Waals surface area contributed by atoms with Crippen LogP contribution in [0.15, 0.2) is 90.9 Å². The Morgan fingerprint density at radius 2 is 1.81 bits per heavy atom. The van der Waals surface area contributed by atoms with Crippen LogP contribution in [-0.4, -0.2) is 34.8 Å². The van der Waals surface area contributed by atoms with Gasteiger partial charge in [0.2, 0.25) is 0 Å². The van der Waals surface area contributed by atoms with Crippen LogP contribution in [0.5, 0.6) is 5.75 Å². The van der Waals surface area contributed by atoms with Crippen LogP contribution >= 0.6 is 8.53 Å². The molecule has 3 N–H and O–H groups in total. The van der Waals surface area contributed by atoms with Gasteiger partial charge in [-0.2, -0.15) is 4.98 Å². The second-order valence-electron chi connectivity index (χ2n) is 7.77. The van der Waals surface area contributed by atoms with Gasteiger partial charge in [0.1, 0.15) is 30.9 Å². The van der Waals surface area contributed by atoms with Gasteiger partial charge >= 0.3 is 20.2 Å². The number of nitrogen functional groups attached to an aromatic ring is 1. The number of hydrogen-bond acceptors (Lipinski definition) is 9. The summed E-state index contributed by atoms with van der Waals surface area (Å²) >= 11 is 0. The third kappa shape index (κ3) is 9.11. The number of benzene rings is 2. The topological polar surface area (TPSA) is 127 Å². The van der Waals surface area contributed by atoms with Crippen molar-refractivity contribution < 1.29 is 23.3 Å². The van der Waals surface area contributed by atoms with Crippen molar-refractivity contribution in [1.82, 2.24) is 14.6 Å². The number of nitrogens with zero attached hydrogens (tertiary/aromatic N) is 2. The molecule has 1 fully saturated rings. The minimum absolute atomic E-state index is 0.0774. The lowest BCUT2D eigenvalue weighted by atomic mass is 10.2. The number of esters is 1. The molecule has 0 aliphatic carbocycles. The molecule has 0 radical (unpaired) electrons. The predicted molar refractivity (Wildman–Crippen MR) is 141 cm³/mol. The number of para-hydroxylation sites is 1. The average molecular weight is 527 g/mol. The second kappa shape index (κ2) is 14.9. The molecule has 1 aliphatic rings. The zero-order chi connectivity index (χ0) is 26.5. The summed E-state index contributed by atoms with van der Waals surface area (Å²) in [4.78, 5) is 28.1. The Bertz CT molecular complexity index is 1160. The Morgan fingerprint density at radius 3 is 2.51 bits per heavy atom. The molecule has 3 aromatic rings. The number of hydrogen-bond donors (Lipinski definition) is 2. The Labute approximate surface area is 217 Å². The van der Waals surface area contributed by atoms with Gasteiger partial charge in [-0.25, -0.2) is 9.88 Å². The highest BCUT2D eigenvalue weighted by molar-refractivity contribution is 7.45. The van der Waals surface area contributed by atoms with Crippen molar-refractivity contribution in [2.75, 3.05) is 18.9 Å². The first-order valence-corrected chi connectivity index (χ1v) is 12.8. The highest BCUT2D eigenvalue weighted by Crippen LogP contribution is 2.37. The molecule has 37 heavy (non-hydrogen) atoms. The largest absolute Gasteiger partial charge is 0.460 e. The molecule has 0 amide bonds. The fraction of sp³-hybridized carbons (Fsp3) is 0.269. The van der Waals surface area contributed by atoms with Crippen LogP contribution in [0, 0.1) is 0 Å². The van der Waals surface area contributed by atoms with Crippen LogP contribution in [0.2, 0.25) is 0 Å². The van der Waals surface area contributed by atoms with Crippen molar-refractivity contribution in [3.8, 4) is 5.75 Å². The van der Waals surface area contributed by atoms with Gasteiger partial charge in [-0.3, -0.25) is 9.36 Å². The molecular formula is C26H31N4O6P. The summed E-state index contributed by atoms with van der Waals surface area (Å²) in [5.74, 6) is 0.351. The van der Waals surface area contributed by atoms with Gasteiger partial charge < -0.3 is 24.3 Å². The molecule has 10 nitrogen and oxygen atoms in total. The van der Waals surface area contributed by atoms with Crippen molar-refractivity contribution >= 4 is 20.3 Å². The standard InChI is InChI=1S/C24H27N4O6P.C2H4/c25-21-13-14-28(24(30)27-21)22-12-11-20(33-22)17-32-35(34-19-9-5-2-6-10-19)26-15-23(29)31-16-18-7-3-1-4-8-18;1-2/h1-10,13-14,20,22,26H,11-12,15-17H2,(H2,25,27,30);1-2H2. The SMILES string of the molecule is C=C.Nc1ccn(C2CCC(COP(NCC(=O)OCc3ccccc3)Oc3ccccc3)O2)c(=O)n1. The van der Waals surface area contributed by atoms with Crippen molar-refractivity contribution in [3.05, 3.63) is 102 Å². The number of ether oxygens (including phenoxy) is 2. The molecule has 0 spiro atoms. The van der Waals surface area contributed by atoms with Crippen molar-refractivity contribution in [3.63, 3.8) is 0 Å². The number of nitrogens with two attached hydrogens (primary N) is 1. The molecule has 0 bridgehead atoms. The zero-order valence-corrected chi connectivity index (χ0v) is 21.3. The number of aromatic nitrogens is 2. The third-order valence-corrected chi connectivity index (χ3v) is 6.33. The van der Waals surface area contributed by atoms with E-state index < -0.39 is 26.4 Å². The van der Waals surface area contributed by atoms with E-state index in [1.807, 2.05) is 48.5 Å². The Morgan fingerprint density at radius 1 is 1.11 bits per heavy atom. The highest BCUT2D eigenvalue weighted by Gasteiger charge is 2.29. The molecule has 2 heterocycles. The van der Waals surface area contributed by atoms with Crippen LogP contribution in [0.25, 0.3) is 0 Å². The van der Waals surface area contributed by atoms with Gasteiger partial charge in [-0.15, -0.1) is 13.2 Å². The third-order valence-electron chi connectivity index (χ3n) is 5.15. The van der Waals surface area contributed by atoms with Gasteiger partial charge in [-0.05, 0) is 36.6 Å². The lowest BCUT2D eigenvalue weighted by Crippen LogP contribution is -2.28. The molecule has 1 saturated heterocycles. The van der Waals surface area contributed by atoms with E-state index in [0.29, 0.717) is 18.6 Å². The molecule has 4 rings (SSSR count). The van der Waals surface area contributed by atoms with E-state index in [1.54, 1.807) is 24.4 Å². The Hall–Kier alpha value is -3.56. The molecule has 0 saturated carbocycles. The lowest BCUT2D eigenvalue weighted by Gasteiger charge is -2.21. The molecule has 3 unspecified atom stereocenters. The molecule has 2 aromatic carbocycles. The monoisotopic (exact) mass is 526 g/mol. The van der Waals surface area contributed by atoms with Crippen molar-refractivity contribution in [2.45, 2.75) is 31.8 Å².